The summed E-state index contributed by atoms with van der Waals surface area (Å²) in [5.41, 5.74) is 0.129. The van der Waals surface area contributed by atoms with Crippen molar-refractivity contribution in [2.24, 2.45) is 4.99 Å². The second-order valence-electron chi connectivity index (χ2n) is 4.96. The van der Waals surface area contributed by atoms with Gasteiger partial charge in [-0.1, -0.05) is 11.8 Å². The molecular weight excluding hydrogens is 222 g/mol. The highest BCUT2D eigenvalue weighted by Gasteiger charge is 2.26. The smallest absolute Gasteiger partial charge is 0.222 e. The molecule has 4 nitrogen and oxygen atoms in total. The van der Waals surface area contributed by atoms with Crippen LogP contribution in [-0.2, 0) is 4.79 Å². The molecular formula is C11H21N3OS. The number of amidine groups is 1. The van der Waals surface area contributed by atoms with Crippen molar-refractivity contribution >= 4 is 22.8 Å². The lowest BCUT2D eigenvalue weighted by Gasteiger charge is -2.15. The van der Waals surface area contributed by atoms with Gasteiger partial charge in [-0.3, -0.25) is 9.79 Å². The van der Waals surface area contributed by atoms with Crippen LogP contribution in [0.4, 0.5) is 0 Å². The van der Waals surface area contributed by atoms with Gasteiger partial charge in [-0.25, -0.2) is 0 Å². The van der Waals surface area contributed by atoms with Crippen LogP contribution in [0.25, 0.3) is 0 Å². The summed E-state index contributed by atoms with van der Waals surface area (Å²) < 4.78 is 0. The Bertz CT molecular complexity index is 287. The lowest BCUT2D eigenvalue weighted by molar-refractivity contribution is -0.121. The fourth-order valence-electron chi connectivity index (χ4n) is 1.35. The molecule has 16 heavy (non-hydrogen) atoms. The molecule has 0 aromatic heterocycles. The Hall–Kier alpha value is -0.710. The third-order valence-corrected chi connectivity index (χ3v) is 3.43. The number of hydrogen-bond donors (Lipinski definition) is 2. The van der Waals surface area contributed by atoms with Crippen LogP contribution in [0.5, 0.6) is 0 Å². The number of rotatable bonds is 4. The van der Waals surface area contributed by atoms with E-state index in [4.69, 9.17) is 0 Å². The summed E-state index contributed by atoms with van der Waals surface area (Å²) in [4.78, 5) is 15.7. The zero-order valence-corrected chi connectivity index (χ0v) is 11.3. The highest BCUT2D eigenvalue weighted by molar-refractivity contribution is 8.14. The first kappa shape index (κ1) is 13.4. The molecule has 1 rings (SSSR count). The van der Waals surface area contributed by atoms with Crippen molar-refractivity contribution in [1.82, 2.24) is 10.6 Å². The fraction of sp³-hybridized carbons (Fsp3) is 0.818. The van der Waals surface area contributed by atoms with Crippen LogP contribution in [0.2, 0.25) is 0 Å². The van der Waals surface area contributed by atoms with Crippen molar-refractivity contribution in [3.05, 3.63) is 0 Å². The van der Waals surface area contributed by atoms with Gasteiger partial charge >= 0.3 is 0 Å². The van der Waals surface area contributed by atoms with E-state index in [-0.39, 0.29) is 17.5 Å². The van der Waals surface area contributed by atoms with Gasteiger partial charge < -0.3 is 10.6 Å². The topological polar surface area (TPSA) is 53.5 Å². The number of nitrogens with one attached hydrogen (secondary N) is 2. The quantitative estimate of drug-likeness (QED) is 0.784. The maximum absolute atomic E-state index is 11.3. The van der Waals surface area contributed by atoms with Crippen LogP contribution < -0.4 is 10.6 Å². The zero-order valence-electron chi connectivity index (χ0n) is 10.5. The third kappa shape index (κ3) is 4.88. The summed E-state index contributed by atoms with van der Waals surface area (Å²) in [6.07, 6.45) is 0.463. The molecule has 2 N–H and O–H groups in total. The Labute approximate surface area is 102 Å². The molecule has 1 saturated heterocycles. The van der Waals surface area contributed by atoms with Crippen LogP contribution in [0.3, 0.4) is 0 Å². The molecule has 0 bridgehead atoms. The predicted octanol–water partition coefficient (Wildman–Crippen LogP) is 1.37. The fourth-order valence-corrected chi connectivity index (χ4v) is 2.45. The standard InChI is InChI=1S/C11H21N3OS/c1-8(2)13-9(15)5-6-12-10-14-11(3,4)7-16-10/h8H,5-7H2,1-4H3,(H,12,14)(H,13,15). The zero-order chi connectivity index (χ0) is 12.2. The van der Waals surface area contributed by atoms with Gasteiger partial charge in [0, 0.05) is 23.8 Å². The van der Waals surface area contributed by atoms with Crippen molar-refractivity contribution in [2.45, 2.75) is 45.7 Å². The van der Waals surface area contributed by atoms with E-state index in [2.05, 4.69) is 29.5 Å². The minimum atomic E-state index is 0.0709. The molecule has 0 aromatic rings. The molecule has 5 heteroatoms. The minimum absolute atomic E-state index is 0.0709. The second kappa shape index (κ2) is 5.57. The number of carbonyl (C=O) groups is 1. The highest BCUT2D eigenvalue weighted by Crippen LogP contribution is 2.21. The molecule has 0 atom stereocenters. The van der Waals surface area contributed by atoms with Crippen molar-refractivity contribution in [3.63, 3.8) is 0 Å². The first-order valence-corrected chi connectivity index (χ1v) is 6.62. The molecule has 0 saturated carbocycles. The SMILES string of the molecule is CC(C)NC(=O)CCN=C1NC(C)(C)CS1. The Morgan fingerprint density at radius 3 is 2.81 bits per heavy atom. The van der Waals surface area contributed by atoms with Gasteiger partial charge in [-0.15, -0.1) is 0 Å². The van der Waals surface area contributed by atoms with Crippen molar-refractivity contribution in [3.8, 4) is 0 Å². The molecule has 1 aliphatic heterocycles. The van der Waals surface area contributed by atoms with Crippen molar-refractivity contribution < 1.29 is 4.79 Å². The minimum Gasteiger partial charge on any atom is -0.359 e. The van der Waals surface area contributed by atoms with E-state index in [1.54, 1.807) is 11.8 Å². The van der Waals surface area contributed by atoms with E-state index in [1.165, 1.54) is 0 Å². The third-order valence-electron chi connectivity index (χ3n) is 2.06. The van der Waals surface area contributed by atoms with E-state index in [0.29, 0.717) is 13.0 Å². The van der Waals surface area contributed by atoms with E-state index < -0.39 is 0 Å². The molecule has 1 heterocycles. The summed E-state index contributed by atoms with van der Waals surface area (Å²) in [7, 11) is 0. The molecule has 1 amide bonds. The van der Waals surface area contributed by atoms with Gasteiger partial charge in [0.05, 0.1) is 6.54 Å². The maximum atomic E-state index is 11.3. The van der Waals surface area contributed by atoms with Crippen LogP contribution in [-0.4, -0.2) is 35.0 Å². The Morgan fingerprint density at radius 2 is 2.31 bits per heavy atom. The Balaban J connectivity index is 2.25. The molecule has 1 fully saturated rings. The maximum Gasteiger partial charge on any atom is 0.222 e. The van der Waals surface area contributed by atoms with Gasteiger partial charge in [-0.2, -0.15) is 0 Å². The lowest BCUT2D eigenvalue weighted by atomic mass is 10.1. The number of thioether (sulfide) groups is 1. The van der Waals surface area contributed by atoms with E-state index >= 15 is 0 Å². The first-order chi connectivity index (χ1) is 7.39. The van der Waals surface area contributed by atoms with E-state index in [9.17, 15) is 4.79 Å². The number of amides is 1. The van der Waals surface area contributed by atoms with Crippen LogP contribution in [0.15, 0.2) is 4.99 Å². The van der Waals surface area contributed by atoms with E-state index in [0.717, 1.165) is 10.9 Å². The van der Waals surface area contributed by atoms with Gasteiger partial charge in [0.1, 0.15) is 0 Å². The molecule has 0 unspecified atom stereocenters. The molecule has 0 radical (unpaired) electrons. The number of nitrogens with zero attached hydrogens (tertiary/aromatic N) is 1. The van der Waals surface area contributed by atoms with Crippen LogP contribution in [0.1, 0.15) is 34.1 Å². The Kier molecular flexibility index (Phi) is 4.65. The van der Waals surface area contributed by atoms with Crippen molar-refractivity contribution in [2.75, 3.05) is 12.3 Å². The molecule has 0 spiro atoms. The molecule has 1 aliphatic rings. The normalized spacial score (nSPS) is 21.2. The monoisotopic (exact) mass is 243 g/mol. The molecule has 92 valence electrons. The van der Waals surface area contributed by atoms with Crippen LogP contribution >= 0.6 is 11.8 Å². The predicted molar refractivity (Wildman–Crippen MR) is 69.9 cm³/mol. The lowest BCUT2D eigenvalue weighted by Crippen LogP contribution is -2.37. The van der Waals surface area contributed by atoms with Gasteiger partial charge in [0.25, 0.3) is 0 Å². The summed E-state index contributed by atoms with van der Waals surface area (Å²) in [6, 6.07) is 0.207. The summed E-state index contributed by atoms with van der Waals surface area (Å²) in [6.45, 7) is 8.77. The first-order valence-electron chi connectivity index (χ1n) is 5.64. The number of aliphatic imine (C=N–C) groups is 1. The van der Waals surface area contributed by atoms with Crippen molar-refractivity contribution in [1.29, 1.82) is 0 Å². The molecule has 0 aromatic carbocycles. The highest BCUT2D eigenvalue weighted by atomic mass is 32.2. The second-order valence-corrected chi connectivity index (χ2v) is 5.92. The number of hydrogen-bond acceptors (Lipinski definition) is 3. The van der Waals surface area contributed by atoms with Crippen LogP contribution in [0, 0.1) is 0 Å². The van der Waals surface area contributed by atoms with E-state index in [1.807, 2.05) is 13.8 Å². The molecule has 0 aliphatic carbocycles. The summed E-state index contributed by atoms with van der Waals surface area (Å²) in [5.74, 6) is 1.10. The average molecular weight is 243 g/mol. The largest absolute Gasteiger partial charge is 0.359 e. The Morgan fingerprint density at radius 1 is 1.62 bits per heavy atom. The van der Waals surface area contributed by atoms with Gasteiger partial charge in [0.15, 0.2) is 5.17 Å². The van der Waals surface area contributed by atoms with Gasteiger partial charge in [0.2, 0.25) is 5.91 Å². The average Bonchev–Trinajstić information content (AvgIpc) is 2.44. The van der Waals surface area contributed by atoms with Gasteiger partial charge in [-0.05, 0) is 27.7 Å². The summed E-state index contributed by atoms with van der Waals surface area (Å²) >= 11 is 1.72. The number of carbonyl (C=O) groups excluding carboxylic acids is 1. The summed E-state index contributed by atoms with van der Waals surface area (Å²) in [5, 5.41) is 7.14.